The Balaban J connectivity index is 1.59. The van der Waals surface area contributed by atoms with Crippen LogP contribution in [0.2, 0.25) is 0 Å². The zero-order chi connectivity index (χ0) is 16.2. The Morgan fingerprint density at radius 1 is 1.26 bits per heavy atom. The highest BCUT2D eigenvalue weighted by Crippen LogP contribution is 2.21. The van der Waals surface area contributed by atoms with Crippen molar-refractivity contribution in [3.05, 3.63) is 40.0 Å². The van der Waals surface area contributed by atoms with Crippen LogP contribution in [0.15, 0.2) is 23.7 Å². The molecule has 1 amide bonds. The lowest BCUT2D eigenvalue weighted by molar-refractivity contribution is -0.115. The van der Waals surface area contributed by atoms with Gasteiger partial charge in [-0.05, 0) is 31.5 Å². The molecular formula is C14H14N6OS2. The van der Waals surface area contributed by atoms with Gasteiger partial charge in [-0.2, -0.15) is 0 Å². The summed E-state index contributed by atoms with van der Waals surface area (Å²) in [4.78, 5) is 20.6. The van der Waals surface area contributed by atoms with Gasteiger partial charge in [0.05, 0.1) is 12.1 Å². The van der Waals surface area contributed by atoms with E-state index in [-0.39, 0.29) is 12.3 Å². The van der Waals surface area contributed by atoms with Crippen LogP contribution < -0.4 is 10.6 Å². The Morgan fingerprint density at radius 2 is 2.13 bits per heavy atom. The molecule has 0 aliphatic carbocycles. The molecule has 2 N–H and O–H groups in total. The Labute approximate surface area is 140 Å². The van der Waals surface area contributed by atoms with Crippen LogP contribution in [-0.2, 0) is 11.2 Å². The second-order valence-corrected chi connectivity index (χ2v) is 6.88. The number of carbonyl (C=O) groups excluding carboxylic acids is 1. The smallest absolute Gasteiger partial charge is 0.232 e. The fourth-order valence-corrected chi connectivity index (χ4v) is 3.16. The average molecular weight is 346 g/mol. The molecule has 3 heterocycles. The molecule has 0 spiro atoms. The van der Waals surface area contributed by atoms with E-state index in [0.29, 0.717) is 16.0 Å². The summed E-state index contributed by atoms with van der Waals surface area (Å²) in [7, 11) is 0. The van der Waals surface area contributed by atoms with E-state index in [1.54, 1.807) is 6.20 Å². The second-order valence-electron chi connectivity index (χ2n) is 4.84. The number of carbonyl (C=O) groups is 1. The molecule has 7 nitrogen and oxygen atoms in total. The van der Waals surface area contributed by atoms with E-state index in [1.165, 1.54) is 22.7 Å². The van der Waals surface area contributed by atoms with Crippen molar-refractivity contribution < 1.29 is 4.79 Å². The van der Waals surface area contributed by atoms with Gasteiger partial charge < -0.3 is 10.6 Å². The van der Waals surface area contributed by atoms with Gasteiger partial charge in [-0.3, -0.25) is 4.79 Å². The first-order chi connectivity index (χ1) is 11.1. The molecule has 0 unspecified atom stereocenters. The summed E-state index contributed by atoms with van der Waals surface area (Å²) >= 11 is 2.78. The van der Waals surface area contributed by atoms with E-state index in [9.17, 15) is 4.79 Å². The van der Waals surface area contributed by atoms with Gasteiger partial charge in [-0.25, -0.2) is 9.97 Å². The van der Waals surface area contributed by atoms with Crippen molar-refractivity contribution in [3.63, 3.8) is 0 Å². The standard InChI is InChI=1S/C14H14N6OS2/c1-8-3-4-15-11(5-8)17-13-16-10(7-22-13)6-12(21)18-14-20-19-9(2)23-14/h3-5,7H,6H2,1-2H3,(H,15,16,17)(H,18,20,21). The fourth-order valence-electron chi connectivity index (χ4n) is 1.83. The highest BCUT2D eigenvalue weighted by Gasteiger charge is 2.10. The van der Waals surface area contributed by atoms with Gasteiger partial charge >= 0.3 is 0 Å². The molecule has 0 aliphatic heterocycles. The molecule has 0 fully saturated rings. The number of rotatable bonds is 5. The molecule has 0 radical (unpaired) electrons. The predicted molar refractivity (Wildman–Crippen MR) is 91.4 cm³/mol. The van der Waals surface area contributed by atoms with Crippen molar-refractivity contribution in [1.82, 2.24) is 20.2 Å². The Hall–Kier alpha value is -2.39. The van der Waals surface area contributed by atoms with Crippen LogP contribution in [0.1, 0.15) is 16.3 Å². The lowest BCUT2D eigenvalue weighted by atomic mass is 10.3. The van der Waals surface area contributed by atoms with Crippen LogP contribution in [-0.4, -0.2) is 26.1 Å². The molecule has 0 saturated carbocycles. The van der Waals surface area contributed by atoms with Gasteiger partial charge in [0.2, 0.25) is 11.0 Å². The van der Waals surface area contributed by atoms with Crippen LogP contribution in [0.4, 0.5) is 16.1 Å². The van der Waals surface area contributed by atoms with E-state index in [2.05, 4.69) is 30.8 Å². The molecular weight excluding hydrogens is 332 g/mol. The molecule has 0 aromatic carbocycles. The number of nitrogens with one attached hydrogen (secondary N) is 2. The van der Waals surface area contributed by atoms with Crippen molar-refractivity contribution in [2.75, 3.05) is 10.6 Å². The molecule has 3 rings (SSSR count). The zero-order valence-electron chi connectivity index (χ0n) is 12.5. The van der Waals surface area contributed by atoms with Gasteiger partial charge in [0.1, 0.15) is 10.8 Å². The first-order valence-corrected chi connectivity index (χ1v) is 8.52. The van der Waals surface area contributed by atoms with E-state index in [1.807, 2.05) is 31.4 Å². The maximum absolute atomic E-state index is 12.0. The summed E-state index contributed by atoms with van der Waals surface area (Å²) in [6.07, 6.45) is 1.93. The molecule has 9 heteroatoms. The first-order valence-electron chi connectivity index (χ1n) is 6.82. The van der Waals surface area contributed by atoms with Gasteiger partial charge in [-0.15, -0.1) is 21.5 Å². The number of amides is 1. The minimum atomic E-state index is -0.160. The third-order valence-electron chi connectivity index (χ3n) is 2.82. The normalized spacial score (nSPS) is 10.5. The number of aryl methyl sites for hydroxylation is 2. The SMILES string of the molecule is Cc1ccnc(Nc2nc(CC(=O)Nc3nnc(C)s3)cs2)c1. The van der Waals surface area contributed by atoms with Crippen molar-refractivity contribution >= 4 is 44.7 Å². The summed E-state index contributed by atoms with van der Waals surface area (Å²) in [5, 5.41) is 17.4. The third kappa shape index (κ3) is 4.30. The minimum absolute atomic E-state index is 0.160. The molecule has 3 aromatic heterocycles. The van der Waals surface area contributed by atoms with Gasteiger partial charge in [-0.1, -0.05) is 11.3 Å². The van der Waals surface area contributed by atoms with Crippen molar-refractivity contribution in [2.45, 2.75) is 20.3 Å². The molecule has 0 aliphatic rings. The first kappa shape index (κ1) is 15.5. The van der Waals surface area contributed by atoms with Crippen LogP contribution in [0.5, 0.6) is 0 Å². The third-order valence-corrected chi connectivity index (χ3v) is 4.38. The summed E-state index contributed by atoms with van der Waals surface area (Å²) in [5.74, 6) is 0.575. The fraction of sp³-hybridized carbons (Fsp3) is 0.214. The molecule has 0 bridgehead atoms. The molecule has 23 heavy (non-hydrogen) atoms. The van der Waals surface area contributed by atoms with Crippen molar-refractivity contribution in [3.8, 4) is 0 Å². The monoisotopic (exact) mass is 346 g/mol. The highest BCUT2D eigenvalue weighted by atomic mass is 32.1. The Kier molecular flexibility index (Phi) is 4.58. The van der Waals surface area contributed by atoms with Gasteiger partial charge in [0, 0.05) is 11.6 Å². The maximum Gasteiger partial charge on any atom is 0.232 e. The number of hydrogen-bond donors (Lipinski definition) is 2. The highest BCUT2D eigenvalue weighted by molar-refractivity contribution is 7.15. The van der Waals surface area contributed by atoms with Crippen molar-refractivity contribution in [1.29, 1.82) is 0 Å². The van der Waals surface area contributed by atoms with Crippen LogP contribution in [0, 0.1) is 13.8 Å². The van der Waals surface area contributed by atoms with Crippen LogP contribution in [0.3, 0.4) is 0 Å². The number of hydrogen-bond acceptors (Lipinski definition) is 8. The number of aromatic nitrogens is 4. The number of pyridine rings is 1. The lowest BCUT2D eigenvalue weighted by Crippen LogP contribution is -2.14. The van der Waals surface area contributed by atoms with E-state index in [4.69, 9.17) is 0 Å². The van der Waals surface area contributed by atoms with Crippen LogP contribution >= 0.6 is 22.7 Å². The molecule has 0 atom stereocenters. The average Bonchev–Trinajstić information content (AvgIpc) is 3.08. The van der Waals surface area contributed by atoms with E-state index < -0.39 is 0 Å². The summed E-state index contributed by atoms with van der Waals surface area (Å²) in [6.45, 7) is 3.84. The summed E-state index contributed by atoms with van der Waals surface area (Å²) in [5.41, 5.74) is 1.81. The summed E-state index contributed by atoms with van der Waals surface area (Å²) < 4.78 is 0. The molecule has 0 saturated heterocycles. The van der Waals surface area contributed by atoms with E-state index >= 15 is 0 Å². The largest absolute Gasteiger partial charge is 0.316 e. The van der Waals surface area contributed by atoms with E-state index in [0.717, 1.165) is 16.4 Å². The minimum Gasteiger partial charge on any atom is -0.316 e. The van der Waals surface area contributed by atoms with Gasteiger partial charge in [0.15, 0.2) is 5.13 Å². The second kappa shape index (κ2) is 6.80. The summed E-state index contributed by atoms with van der Waals surface area (Å²) in [6, 6.07) is 3.86. The quantitative estimate of drug-likeness (QED) is 0.738. The topological polar surface area (TPSA) is 92.7 Å². The lowest BCUT2D eigenvalue weighted by Gasteiger charge is -2.01. The Bertz CT molecular complexity index is 828. The van der Waals surface area contributed by atoms with Crippen LogP contribution in [0.25, 0.3) is 0 Å². The molecule has 118 valence electrons. The molecule has 3 aromatic rings. The number of thiazole rings is 1. The van der Waals surface area contributed by atoms with Crippen molar-refractivity contribution in [2.24, 2.45) is 0 Å². The Morgan fingerprint density at radius 3 is 2.87 bits per heavy atom. The zero-order valence-corrected chi connectivity index (χ0v) is 14.2. The predicted octanol–water partition coefficient (Wildman–Crippen LogP) is 2.93. The number of nitrogens with zero attached hydrogens (tertiary/aromatic N) is 4. The van der Waals surface area contributed by atoms with Gasteiger partial charge in [0.25, 0.3) is 0 Å². The maximum atomic E-state index is 12.0. The number of anilines is 3.